The Balaban J connectivity index is 1.48. The third kappa shape index (κ3) is 3.57. The molecule has 6 nitrogen and oxygen atoms in total. The van der Waals surface area contributed by atoms with Crippen LogP contribution in [0.15, 0.2) is 24.7 Å². The Labute approximate surface area is 148 Å². The van der Waals surface area contributed by atoms with E-state index in [2.05, 4.69) is 24.8 Å². The summed E-state index contributed by atoms with van der Waals surface area (Å²) in [5.41, 5.74) is 2.52. The van der Waals surface area contributed by atoms with Crippen molar-refractivity contribution in [1.29, 1.82) is 0 Å². The first-order chi connectivity index (χ1) is 12.3. The maximum atomic E-state index is 13.0. The quantitative estimate of drug-likeness (QED) is 0.842. The van der Waals surface area contributed by atoms with Gasteiger partial charge in [0, 0.05) is 38.6 Å². The molecular weight excluding hydrogens is 314 g/mol. The second kappa shape index (κ2) is 7.33. The molecule has 0 aromatic carbocycles. The molecule has 1 amide bonds. The van der Waals surface area contributed by atoms with Gasteiger partial charge in [-0.2, -0.15) is 0 Å². The predicted molar refractivity (Wildman–Crippen MR) is 97.3 cm³/mol. The largest absolute Gasteiger partial charge is 0.369 e. The van der Waals surface area contributed by atoms with Crippen molar-refractivity contribution >= 4 is 22.8 Å². The Bertz CT molecular complexity index is 741. The first-order valence-corrected chi connectivity index (χ1v) is 9.42. The van der Waals surface area contributed by atoms with Crippen LogP contribution >= 0.6 is 0 Å². The van der Waals surface area contributed by atoms with Crippen LogP contribution in [-0.4, -0.2) is 51.9 Å². The second-order valence-corrected chi connectivity index (χ2v) is 7.12. The molecule has 0 aliphatic carbocycles. The minimum atomic E-state index is 0.101. The maximum Gasteiger partial charge on any atom is 0.227 e. The fourth-order valence-corrected chi connectivity index (χ4v) is 3.98. The molecule has 1 atom stereocenters. The zero-order valence-corrected chi connectivity index (χ0v) is 14.6. The number of pyridine rings is 1. The van der Waals surface area contributed by atoms with Crippen LogP contribution in [0, 0.1) is 5.92 Å². The lowest BCUT2D eigenvalue weighted by Crippen LogP contribution is -2.45. The van der Waals surface area contributed by atoms with Gasteiger partial charge >= 0.3 is 0 Å². The van der Waals surface area contributed by atoms with E-state index >= 15 is 0 Å². The number of rotatable bonds is 2. The van der Waals surface area contributed by atoms with E-state index in [-0.39, 0.29) is 5.92 Å². The van der Waals surface area contributed by atoms with Gasteiger partial charge in [-0.1, -0.05) is 12.8 Å². The Morgan fingerprint density at radius 3 is 2.60 bits per heavy atom. The molecule has 0 saturated carbocycles. The van der Waals surface area contributed by atoms with Crippen molar-refractivity contribution in [1.82, 2.24) is 19.9 Å². The number of hydrogen-bond donors (Lipinski definition) is 0. The van der Waals surface area contributed by atoms with Gasteiger partial charge in [0.2, 0.25) is 5.91 Å². The fraction of sp³-hybridized carbons (Fsp3) is 0.579. The van der Waals surface area contributed by atoms with Gasteiger partial charge < -0.3 is 9.80 Å². The van der Waals surface area contributed by atoms with E-state index in [1.807, 2.05) is 12.3 Å². The van der Waals surface area contributed by atoms with Gasteiger partial charge in [0.15, 0.2) is 5.65 Å². The van der Waals surface area contributed by atoms with Crippen LogP contribution in [0.5, 0.6) is 0 Å². The molecular formula is C19H25N5O. The number of nitrogens with zero attached hydrogens (tertiary/aromatic N) is 5. The molecule has 0 N–H and O–H groups in total. The summed E-state index contributed by atoms with van der Waals surface area (Å²) in [6, 6.07) is 2.04. The molecule has 0 bridgehead atoms. The van der Waals surface area contributed by atoms with Crippen LogP contribution in [0.1, 0.15) is 38.5 Å². The molecule has 6 heteroatoms. The standard InChI is InChI=1S/C19H25N5O/c25-19(23-9-3-1-2-4-10-23)15-6-5-11-24(14-15)16-12-17-18(22-13-16)21-8-7-20-17/h7-8,12-13,15H,1-6,9-11,14H2. The summed E-state index contributed by atoms with van der Waals surface area (Å²) in [5, 5.41) is 0. The van der Waals surface area contributed by atoms with Crippen molar-refractivity contribution in [3.8, 4) is 0 Å². The summed E-state index contributed by atoms with van der Waals surface area (Å²) in [6.45, 7) is 3.62. The van der Waals surface area contributed by atoms with Crippen LogP contribution in [-0.2, 0) is 4.79 Å². The minimum Gasteiger partial charge on any atom is -0.369 e. The van der Waals surface area contributed by atoms with Crippen molar-refractivity contribution in [2.75, 3.05) is 31.1 Å². The first-order valence-electron chi connectivity index (χ1n) is 9.42. The van der Waals surface area contributed by atoms with Gasteiger partial charge in [-0.05, 0) is 31.7 Å². The molecule has 0 spiro atoms. The van der Waals surface area contributed by atoms with Crippen LogP contribution in [0.3, 0.4) is 0 Å². The molecule has 1 unspecified atom stereocenters. The lowest BCUT2D eigenvalue weighted by Gasteiger charge is -2.36. The highest BCUT2D eigenvalue weighted by atomic mass is 16.2. The third-order valence-electron chi connectivity index (χ3n) is 5.36. The summed E-state index contributed by atoms with van der Waals surface area (Å²) in [5.74, 6) is 0.449. The summed E-state index contributed by atoms with van der Waals surface area (Å²) < 4.78 is 0. The van der Waals surface area contributed by atoms with E-state index in [1.165, 1.54) is 12.8 Å². The Kier molecular flexibility index (Phi) is 4.76. The molecule has 0 radical (unpaired) electrons. The highest BCUT2D eigenvalue weighted by Crippen LogP contribution is 2.26. The van der Waals surface area contributed by atoms with E-state index in [1.54, 1.807) is 12.4 Å². The average molecular weight is 339 g/mol. The van der Waals surface area contributed by atoms with Gasteiger partial charge in [-0.25, -0.2) is 9.97 Å². The third-order valence-corrected chi connectivity index (χ3v) is 5.36. The van der Waals surface area contributed by atoms with Gasteiger partial charge in [0.05, 0.1) is 17.8 Å². The number of amides is 1. The second-order valence-electron chi connectivity index (χ2n) is 7.12. The molecule has 2 saturated heterocycles. The lowest BCUT2D eigenvalue weighted by atomic mass is 9.96. The summed E-state index contributed by atoms with van der Waals surface area (Å²) >= 11 is 0. The van der Waals surface area contributed by atoms with Crippen LogP contribution in [0.2, 0.25) is 0 Å². The van der Waals surface area contributed by atoms with E-state index in [9.17, 15) is 4.79 Å². The van der Waals surface area contributed by atoms with E-state index in [0.29, 0.717) is 11.6 Å². The van der Waals surface area contributed by atoms with Gasteiger partial charge in [0.25, 0.3) is 0 Å². The SMILES string of the molecule is O=C(C1CCCN(c2cnc3nccnc3c2)C1)N1CCCCCC1. The van der Waals surface area contributed by atoms with Gasteiger partial charge in [0.1, 0.15) is 5.52 Å². The molecule has 2 fully saturated rings. The number of fused-ring (bicyclic) bond motifs is 1. The average Bonchev–Trinajstić information content (AvgIpc) is 2.96. The molecule has 2 aromatic rings. The van der Waals surface area contributed by atoms with Crippen molar-refractivity contribution in [3.63, 3.8) is 0 Å². The van der Waals surface area contributed by atoms with Crippen LogP contribution in [0.25, 0.3) is 11.2 Å². The smallest absolute Gasteiger partial charge is 0.227 e. The van der Waals surface area contributed by atoms with Crippen molar-refractivity contribution in [3.05, 3.63) is 24.7 Å². The number of carbonyl (C=O) groups excluding carboxylic acids is 1. The monoisotopic (exact) mass is 339 g/mol. The summed E-state index contributed by atoms with van der Waals surface area (Å²) in [4.78, 5) is 30.3. The number of piperidine rings is 1. The molecule has 2 aliphatic heterocycles. The van der Waals surface area contributed by atoms with Crippen LogP contribution in [0.4, 0.5) is 5.69 Å². The highest BCUT2D eigenvalue weighted by Gasteiger charge is 2.29. The van der Waals surface area contributed by atoms with Gasteiger partial charge in [-0.3, -0.25) is 9.78 Å². The number of aromatic nitrogens is 3. The molecule has 2 aliphatic rings. The van der Waals surface area contributed by atoms with E-state index in [0.717, 1.165) is 63.1 Å². The number of hydrogen-bond acceptors (Lipinski definition) is 5. The first kappa shape index (κ1) is 16.2. The van der Waals surface area contributed by atoms with Gasteiger partial charge in [-0.15, -0.1) is 0 Å². The number of likely N-dealkylation sites (tertiary alicyclic amines) is 1. The van der Waals surface area contributed by atoms with Crippen molar-refractivity contribution < 1.29 is 4.79 Å². The Morgan fingerprint density at radius 2 is 1.76 bits per heavy atom. The van der Waals surface area contributed by atoms with Crippen LogP contribution < -0.4 is 4.90 Å². The predicted octanol–water partition coefficient (Wildman–Crippen LogP) is 2.64. The molecule has 25 heavy (non-hydrogen) atoms. The normalized spacial score (nSPS) is 22.0. The molecule has 132 valence electrons. The Morgan fingerprint density at radius 1 is 0.960 bits per heavy atom. The summed E-state index contributed by atoms with van der Waals surface area (Å²) in [6.07, 6.45) is 12.0. The minimum absolute atomic E-state index is 0.101. The lowest BCUT2D eigenvalue weighted by molar-refractivity contribution is -0.135. The van der Waals surface area contributed by atoms with E-state index in [4.69, 9.17) is 0 Å². The zero-order chi connectivity index (χ0) is 17.1. The van der Waals surface area contributed by atoms with E-state index < -0.39 is 0 Å². The van der Waals surface area contributed by atoms with Crippen molar-refractivity contribution in [2.45, 2.75) is 38.5 Å². The fourth-order valence-electron chi connectivity index (χ4n) is 3.98. The Hall–Kier alpha value is -2.24. The summed E-state index contributed by atoms with van der Waals surface area (Å²) in [7, 11) is 0. The topological polar surface area (TPSA) is 62.2 Å². The number of anilines is 1. The molecule has 4 rings (SSSR count). The van der Waals surface area contributed by atoms with Crippen molar-refractivity contribution in [2.24, 2.45) is 5.92 Å². The molecule has 2 aromatic heterocycles. The maximum absolute atomic E-state index is 13.0. The molecule has 4 heterocycles. The highest BCUT2D eigenvalue weighted by molar-refractivity contribution is 5.80. The number of carbonyl (C=O) groups is 1. The zero-order valence-electron chi connectivity index (χ0n) is 14.6.